The molecule has 0 saturated carbocycles. The monoisotopic (exact) mass is 1990 g/mol. The summed E-state index contributed by atoms with van der Waals surface area (Å²) in [5.74, 6) is -4.84. The first-order valence-corrected chi connectivity index (χ1v) is 49.1. The van der Waals surface area contributed by atoms with E-state index in [1.807, 2.05) is 48.5 Å². The maximum absolute atomic E-state index is 11.7. The van der Waals surface area contributed by atoms with Gasteiger partial charge in [-0.3, -0.25) is 86.3 Å². The standard InChI is InChI=1S/C17H31NO3.C15H27NO3.C13H23NO3.2C11H19NO3.2C10H17NO3.C9H15NO3.C8H13NO3/c1-4-7-8-9-10-11-12-13-14-21-17(20)15-18(6-3)16(19)5-2;1-5-9-10-13(6-2)12-19-15(18)11-16(8-4)14(17)7-3;1-4-7-8-9-10-17-13(16)11-14(6-3)12(15)5-2;1-5-10(13)12(6-2)7-11(14)15-8-9(3)4;1-4-7-8-15-11(14)9-12(6-3)10(13)5-2;1-5-9(12)11(6-2)7-10(13)14-8(3)4;1-4-7-14-10(13)8-11(6-3)9(12)5-2;1-4-8(11)10(5-2)7-9(12)13-6-3;1-4-7(10)9(5-2)6-8(11)12-3/h5H,2,4,6-15H2,1,3H3;7,13H,3,5-6,8-12H2,1-2,4H3;5H,2,4,6-11H2,1,3H3;5,9H,1,6-8H2,2-4H3;5H,2,4,6-9H2,1,3H3;5,8H,1,6-7H2,2-4H3;5H,2,4,6-8H2,1,3H3;4H,1,5-7H2,2-3H3;4H,1,5-6H2,2-3H3. The molecule has 0 N–H and O–H groups in total. The number of esters is 9. The summed E-state index contributed by atoms with van der Waals surface area (Å²) in [6.07, 6.45) is 31.6. The second-order valence-electron chi connectivity index (χ2n) is 30.9. The Morgan fingerprint density at radius 1 is 0.236 bits per heavy atom. The molecule has 36 heteroatoms. The maximum Gasteiger partial charge on any atom is 0.325 e. The largest absolute Gasteiger partial charge is 0.468 e. The predicted molar refractivity (Wildman–Crippen MR) is 548 cm³/mol. The zero-order chi connectivity index (χ0) is 109. The van der Waals surface area contributed by atoms with E-state index in [2.05, 4.69) is 91.6 Å². The minimum absolute atomic E-state index is 0.00134. The lowest BCUT2D eigenvalue weighted by Crippen LogP contribution is -2.35. The van der Waals surface area contributed by atoms with Gasteiger partial charge in [0, 0.05) is 58.9 Å². The van der Waals surface area contributed by atoms with E-state index in [1.54, 1.807) is 62.3 Å². The molecule has 0 aromatic rings. The average Bonchev–Trinajstić information content (AvgIpc) is 1.33. The molecule has 9 amide bonds. The van der Waals surface area contributed by atoms with E-state index in [-0.39, 0.29) is 160 Å². The molecule has 0 aliphatic rings. The number of amides is 9. The number of carbonyl (C=O) groups excluding carboxylic acids is 18. The predicted octanol–water partition coefficient (Wildman–Crippen LogP) is 13.9. The van der Waals surface area contributed by atoms with E-state index in [9.17, 15) is 86.3 Å². The molecule has 0 aliphatic carbocycles. The molecule has 36 nitrogen and oxygen atoms in total. The van der Waals surface area contributed by atoms with Crippen molar-refractivity contribution in [3.8, 4) is 0 Å². The zero-order valence-electron chi connectivity index (χ0n) is 89.5. The van der Waals surface area contributed by atoms with Gasteiger partial charge in [0.2, 0.25) is 53.2 Å². The maximum atomic E-state index is 11.7. The van der Waals surface area contributed by atoms with Crippen LogP contribution < -0.4 is 0 Å². The molecule has 0 rings (SSSR count). The lowest BCUT2D eigenvalue weighted by atomic mass is 10.0. The molecular weight excluding hydrogens is 1810 g/mol. The van der Waals surface area contributed by atoms with E-state index >= 15 is 0 Å². The average molecular weight is 1990 g/mol. The van der Waals surface area contributed by atoms with Gasteiger partial charge in [-0.15, -0.1) is 0 Å². The van der Waals surface area contributed by atoms with Crippen LogP contribution in [0.4, 0.5) is 0 Å². The van der Waals surface area contributed by atoms with Crippen molar-refractivity contribution < 1.29 is 129 Å². The van der Waals surface area contributed by atoms with Crippen molar-refractivity contribution in [1.29, 1.82) is 0 Å². The Morgan fingerprint density at radius 3 is 0.671 bits per heavy atom. The number of rotatable bonds is 65. The number of ether oxygens (including phenoxy) is 9. The number of methoxy groups -OCH3 is 1. The molecule has 0 aliphatic heterocycles. The normalized spacial score (nSPS) is 9.88. The minimum Gasteiger partial charge on any atom is -0.468 e. The molecule has 0 bridgehead atoms. The number of nitrogens with zero attached hydrogens (tertiary/aromatic N) is 9. The first kappa shape index (κ1) is 146. The van der Waals surface area contributed by atoms with Gasteiger partial charge in [-0.25, -0.2) is 0 Å². The van der Waals surface area contributed by atoms with Crippen LogP contribution in [0.2, 0.25) is 0 Å². The van der Waals surface area contributed by atoms with Crippen molar-refractivity contribution >= 4 is 107 Å². The van der Waals surface area contributed by atoms with Gasteiger partial charge in [-0.05, 0) is 182 Å². The molecule has 0 fully saturated rings. The van der Waals surface area contributed by atoms with Crippen LogP contribution >= 0.6 is 0 Å². The molecular formula is C104H181N9O27. The quantitative estimate of drug-likeness (QED) is 0.0236. The molecule has 0 heterocycles. The number of unbranched alkanes of at least 4 members (excludes halogenated alkanes) is 12. The summed E-state index contributed by atoms with van der Waals surface area (Å²) in [5.41, 5.74) is 0. The van der Waals surface area contributed by atoms with Crippen LogP contribution in [-0.4, -0.2) is 328 Å². The Morgan fingerprint density at radius 2 is 0.450 bits per heavy atom. The number of hydrogen-bond acceptors (Lipinski definition) is 27. The minimum atomic E-state index is -0.424. The smallest absolute Gasteiger partial charge is 0.325 e. The van der Waals surface area contributed by atoms with Crippen LogP contribution in [0.5, 0.6) is 0 Å². The van der Waals surface area contributed by atoms with Gasteiger partial charge in [0.25, 0.3) is 0 Å². The third-order valence-electron chi connectivity index (χ3n) is 18.9. The first-order valence-electron chi connectivity index (χ1n) is 49.1. The van der Waals surface area contributed by atoms with Crippen molar-refractivity contribution in [2.45, 2.75) is 267 Å². The van der Waals surface area contributed by atoms with E-state index < -0.39 is 11.9 Å². The highest BCUT2D eigenvalue weighted by molar-refractivity contribution is 5.94. The zero-order valence-corrected chi connectivity index (χ0v) is 89.5. The van der Waals surface area contributed by atoms with Crippen molar-refractivity contribution in [2.24, 2.45) is 11.8 Å². The van der Waals surface area contributed by atoms with Gasteiger partial charge in [0.05, 0.1) is 59.5 Å². The molecule has 0 aromatic carbocycles. The SMILES string of the molecule is C=CC(=O)N(CC)CC(=O)OC.C=CC(=O)N(CC)CC(=O)OC(C)C.C=CC(=O)N(CC)CC(=O)OCC.C=CC(=O)N(CC)CC(=O)OCC(C)C.C=CC(=O)N(CC)CC(=O)OCC(CC)CCCC.C=CC(=O)N(CC)CC(=O)OCCC.C=CC(=O)N(CC)CC(=O)OCCCC.C=CC(=O)N(CC)CC(=O)OCCCCCC.C=CC(=O)N(CC)CC(=O)OCCCCCCCCCC. The van der Waals surface area contributed by atoms with Crippen LogP contribution in [0.25, 0.3) is 0 Å². The summed E-state index contributed by atoms with van der Waals surface area (Å²) in [6.45, 7) is 75.5. The van der Waals surface area contributed by atoms with Gasteiger partial charge in [0.1, 0.15) is 58.9 Å². The Kier molecular flexibility index (Phi) is 107. The molecule has 0 saturated heterocycles. The first-order chi connectivity index (χ1) is 66.5. The van der Waals surface area contributed by atoms with Crippen LogP contribution in [-0.2, 0) is 129 Å². The summed E-state index contributed by atoms with van der Waals surface area (Å²) in [6, 6.07) is 0. The molecule has 0 aromatic heterocycles. The third-order valence-corrected chi connectivity index (χ3v) is 18.9. The molecule has 1 unspecified atom stereocenters. The Hall–Kier alpha value is -11.9. The van der Waals surface area contributed by atoms with Gasteiger partial charge in [-0.1, -0.05) is 204 Å². The summed E-state index contributed by atoms with van der Waals surface area (Å²) >= 11 is 0. The number of likely N-dealkylation sites (N-methyl/N-ethyl adjacent to an activating group) is 9. The van der Waals surface area contributed by atoms with Crippen molar-refractivity contribution in [3.63, 3.8) is 0 Å². The van der Waals surface area contributed by atoms with Gasteiger partial charge >= 0.3 is 53.7 Å². The van der Waals surface area contributed by atoms with Crippen molar-refractivity contribution in [3.05, 3.63) is 114 Å². The fraction of sp³-hybridized carbons (Fsp3) is 0.654. The molecule has 140 heavy (non-hydrogen) atoms. The molecule has 804 valence electrons. The number of hydrogen-bond donors (Lipinski definition) is 0. The summed E-state index contributed by atoms with van der Waals surface area (Å²) in [5, 5.41) is 0. The van der Waals surface area contributed by atoms with Gasteiger partial charge in [-0.2, -0.15) is 0 Å². The lowest BCUT2D eigenvalue weighted by Gasteiger charge is -2.19. The van der Waals surface area contributed by atoms with Crippen molar-refractivity contribution in [2.75, 3.05) is 171 Å². The van der Waals surface area contributed by atoms with E-state index in [1.165, 1.54) is 144 Å². The fourth-order valence-electron chi connectivity index (χ4n) is 10.6. The van der Waals surface area contributed by atoms with Crippen LogP contribution in [0.3, 0.4) is 0 Å². The highest BCUT2D eigenvalue weighted by Gasteiger charge is 2.22. The molecule has 0 spiro atoms. The Labute approximate surface area is 839 Å². The number of carbonyl (C=O) groups is 18. The second-order valence-corrected chi connectivity index (χ2v) is 30.9. The van der Waals surface area contributed by atoms with Crippen LogP contribution in [0.15, 0.2) is 114 Å². The second kappa shape index (κ2) is 103. The van der Waals surface area contributed by atoms with E-state index in [4.69, 9.17) is 37.9 Å². The lowest BCUT2D eigenvalue weighted by molar-refractivity contribution is -0.151. The van der Waals surface area contributed by atoms with Gasteiger partial charge in [0.15, 0.2) is 0 Å². The van der Waals surface area contributed by atoms with E-state index in [0.29, 0.717) is 117 Å². The molecule has 1 atom stereocenters. The highest BCUT2D eigenvalue weighted by atomic mass is 16.6. The Bertz CT molecular complexity index is 3550. The van der Waals surface area contributed by atoms with Crippen molar-refractivity contribution in [1.82, 2.24) is 44.1 Å². The topological polar surface area (TPSA) is 419 Å². The summed E-state index contributed by atoms with van der Waals surface area (Å²) < 4.78 is 44.2. The fourth-order valence-corrected chi connectivity index (χ4v) is 10.6. The summed E-state index contributed by atoms with van der Waals surface area (Å²) in [4.78, 5) is 215. The molecule has 0 radical (unpaired) electrons. The summed E-state index contributed by atoms with van der Waals surface area (Å²) in [7, 11) is 1.29. The van der Waals surface area contributed by atoms with Crippen LogP contribution in [0.1, 0.15) is 260 Å². The highest BCUT2D eigenvalue weighted by Crippen LogP contribution is 2.14. The van der Waals surface area contributed by atoms with E-state index in [0.717, 1.165) is 83.5 Å². The Balaban J connectivity index is -0.000000198. The third kappa shape index (κ3) is 90.0. The van der Waals surface area contributed by atoms with Crippen LogP contribution in [0, 0.1) is 11.8 Å². The van der Waals surface area contributed by atoms with Gasteiger partial charge < -0.3 is 86.7 Å².